The largest absolute Gasteiger partial charge is 0.0579 e. The number of hydrogen-bond acceptors (Lipinski definition) is 1. The van der Waals surface area contributed by atoms with E-state index in [1.54, 1.807) is 3.58 Å². The molecule has 0 saturated heterocycles. The fraction of sp³-hybridized carbons (Fsp3) is 0.156. The zero-order chi connectivity index (χ0) is 46.9. The number of anilines is 3. The summed E-state index contributed by atoms with van der Waals surface area (Å²) in [5, 5.41) is 1.48. The third kappa shape index (κ3) is 10.5. The van der Waals surface area contributed by atoms with Gasteiger partial charge in [-0.15, -0.1) is 0 Å². The number of nitrogens with zero attached hydrogens (tertiary/aromatic N) is 1. The van der Waals surface area contributed by atoms with Gasteiger partial charge in [0.05, 0.1) is 8.07 Å². The Hall–Kier alpha value is -6.20. The van der Waals surface area contributed by atoms with Crippen LogP contribution in [0.15, 0.2) is 218 Å². The Morgan fingerprint density at radius 1 is 0.328 bits per heavy atom. The molecular formula is C64H63NSiSn. The number of rotatable bonds is 11. The van der Waals surface area contributed by atoms with Crippen LogP contribution in [0.3, 0.4) is 0 Å². The van der Waals surface area contributed by atoms with Gasteiger partial charge in [0.1, 0.15) is 0 Å². The SMILES string of the molecule is CC(C)(C)c1ccc(-c2cccc(-c3ccc(N(c4ccc(-c5cccc(-c6ccc([Si](C)(C)C)cc6)c5)cc4)c4ccc(-c5cccc(-c6cc[c]([Sn]([CH3])([CH3])[CH3])cc6)c5)cc4)cc3)c2)cc1. The molecule has 9 aromatic rings. The van der Waals surface area contributed by atoms with E-state index in [9.17, 15) is 0 Å². The first kappa shape index (κ1) is 45.9. The molecule has 332 valence electrons. The van der Waals surface area contributed by atoms with Crippen molar-refractivity contribution in [1.82, 2.24) is 0 Å². The summed E-state index contributed by atoms with van der Waals surface area (Å²) in [7, 11) is -1.36. The second kappa shape index (κ2) is 18.8. The van der Waals surface area contributed by atoms with E-state index in [1.807, 2.05) is 0 Å². The standard InChI is InChI=1S/C61H54NSi.3CH3.Sn/c1-61(2,3)56-31-21-45(22-32-56)51-16-11-18-53(42-51)47-25-35-58(36-26-47)62(57-33-23-46(24-34-57)52-17-10-15-50(41-52)44-13-8-7-9-14-44)59-37-27-48(28-38-59)54-19-12-20-55(43-54)49-29-39-60(40-30-49)63(4,5)6;;;;/h8-43H,1-6H3;3*1H3;. The molecule has 0 unspecified atom stereocenters. The van der Waals surface area contributed by atoms with E-state index in [0.29, 0.717) is 0 Å². The van der Waals surface area contributed by atoms with Gasteiger partial charge >= 0.3 is 142 Å². The Bertz CT molecular complexity index is 2770. The van der Waals surface area contributed by atoms with Crippen LogP contribution < -0.4 is 13.7 Å². The van der Waals surface area contributed by atoms with Crippen LogP contribution in [0.4, 0.5) is 17.1 Å². The molecule has 0 radical (unpaired) electrons. The van der Waals surface area contributed by atoms with Crippen molar-refractivity contribution in [3.8, 4) is 66.8 Å². The average Bonchev–Trinajstić information content (AvgIpc) is 3.34. The van der Waals surface area contributed by atoms with E-state index in [-0.39, 0.29) is 5.41 Å². The maximum atomic E-state index is 2.47. The average molecular weight is 993 g/mol. The van der Waals surface area contributed by atoms with Gasteiger partial charge in [0.2, 0.25) is 0 Å². The van der Waals surface area contributed by atoms with Gasteiger partial charge in [-0.1, -0.05) is 155 Å². The second-order valence-corrected chi connectivity index (χ2v) is 40.8. The molecule has 0 saturated carbocycles. The van der Waals surface area contributed by atoms with E-state index in [0.717, 1.165) is 17.1 Å². The molecule has 0 spiro atoms. The van der Waals surface area contributed by atoms with Crippen molar-refractivity contribution >= 4 is 52.3 Å². The van der Waals surface area contributed by atoms with Crippen LogP contribution in [0.1, 0.15) is 26.3 Å². The maximum absolute atomic E-state index is 2.47. The van der Waals surface area contributed by atoms with Gasteiger partial charge in [-0.2, -0.15) is 0 Å². The van der Waals surface area contributed by atoms with Crippen molar-refractivity contribution in [2.24, 2.45) is 0 Å². The maximum Gasteiger partial charge on any atom is -0.0374 e. The topological polar surface area (TPSA) is 3.24 Å². The minimum Gasteiger partial charge on any atom is -0.0579 e. The van der Waals surface area contributed by atoms with Crippen LogP contribution in [0.5, 0.6) is 0 Å². The summed E-state index contributed by atoms with van der Waals surface area (Å²) < 4.78 is 1.55. The van der Waals surface area contributed by atoms with E-state index >= 15 is 0 Å². The third-order valence-electron chi connectivity index (χ3n) is 13.2. The summed E-state index contributed by atoms with van der Waals surface area (Å²) in [5.74, 6) is 0. The molecule has 1 nitrogen and oxygen atoms in total. The summed E-state index contributed by atoms with van der Waals surface area (Å²) >= 11 is -2.13. The molecular weight excluding hydrogens is 930 g/mol. The van der Waals surface area contributed by atoms with Crippen LogP contribution >= 0.6 is 0 Å². The summed E-state index contributed by atoms with van der Waals surface area (Å²) in [5.41, 5.74) is 19.4. The molecule has 67 heavy (non-hydrogen) atoms. The minimum absolute atomic E-state index is 0.125. The van der Waals surface area contributed by atoms with Gasteiger partial charge in [-0.25, -0.2) is 0 Å². The Morgan fingerprint density at radius 3 is 0.866 bits per heavy atom. The van der Waals surface area contributed by atoms with E-state index in [2.05, 4.69) is 279 Å². The molecule has 0 aliphatic carbocycles. The Balaban J connectivity index is 1.03. The predicted molar refractivity (Wildman–Crippen MR) is 298 cm³/mol. The smallest absolute Gasteiger partial charge is 0.0374 e. The molecule has 0 amide bonds. The van der Waals surface area contributed by atoms with Gasteiger partial charge in [-0.3, -0.25) is 0 Å². The fourth-order valence-electron chi connectivity index (χ4n) is 8.98. The first-order valence-corrected chi connectivity index (χ1v) is 37.3. The molecule has 9 aromatic carbocycles. The molecule has 0 aliphatic heterocycles. The van der Waals surface area contributed by atoms with Crippen LogP contribution in [0.2, 0.25) is 34.5 Å². The van der Waals surface area contributed by atoms with Gasteiger partial charge in [-0.05, 0) is 91.9 Å². The first-order valence-electron chi connectivity index (χ1n) is 23.8. The molecule has 0 bridgehead atoms. The summed E-state index contributed by atoms with van der Waals surface area (Å²) in [6, 6.07) is 81.6. The van der Waals surface area contributed by atoms with E-state index in [4.69, 9.17) is 0 Å². The quantitative estimate of drug-likeness (QED) is 0.117. The monoisotopic (exact) mass is 993 g/mol. The summed E-state index contributed by atoms with van der Waals surface area (Å²) in [6.07, 6.45) is 0. The molecule has 0 aromatic heterocycles. The normalized spacial score (nSPS) is 12.0. The Morgan fingerprint density at radius 2 is 0.597 bits per heavy atom. The summed E-state index contributed by atoms with van der Waals surface area (Å²) in [4.78, 5) is 9.80. The van der Waals surface area contributed by atoms with Crippen molar-refractivity contribution in [2.45, 2.75) is 60.6 Å². The molecule has 0 N–H and O–H groups in total. The van der Waals surface area contributed by atoms with Gasteiger partial charge in [0.15, 0.2) is 0 Å². The predicted octanol–water partition coefficient (Wildman–Crippen LogP) is 17.5. The molecule has 0 atom stereocenters. The molecule has 3 heteroatoms. The van der Waals surface area contributed by atoms with Gasteiger partial charge < -0.3 is 0 Å². The number of benzene rings is 9. The molecule has 9 rings (SSSR count). The van der Waals surface area contributed by atoms with Gasteiger partial charge in [0.25, 0.3) is 0 Å². The van der Waals surface area contributed by atoms with Crippen LogP contribution in [-0.4, -0.2) is 26.5 Å². The van der Waals surface area contributed by atoms with Crippen molar-refractivity contribution in [3.63, 3.8) is 0 Å². The number of hydrogen-bond donors (Lipinski definition) is 0. The Labute approximate surface area is 405 Å². The Kier molecular flexibility index (Phi) is 12.9. The first-order chi connectivity index (χ1) is 32.1. The van der Waals surface area contributed by atoms with Crippen molar-refractivity contribution in [1.29, 1.82) is 0 Å². The van der Waals surface area contributed by atoms with E-state index in [1.165, 1.54) is 77.5 Å². The minimum atomic E-state index is -2.13. The molecule has 0 fully saturated rings. The molecule has 0 heterocycles. The van der Waals surface area contributed by atoms with E-state index < -0.39 is 26.5 Å². The van der Waals surface area contributed by atoms with Crippen LogP contribution in [0.25, 0.3) is 66.8 Å². The van der Waals surface area contributed by atoms with Gasteiger partial charge in [0, 0.05) is 11.4 Å². The third-order valence-corrected chi connectivity index (χ3v) is 21.2. The van der Waals surface area contributed by atoms with Crippen LogP contribution in [0, 0.1) is 0 Å². The second-order valence-electron chi connectivity index (χ2n) is 21.2. The van der Waals surface area contributed by atoms with Crippen molar-refractivity contribution in [2.75, 3.05) is 4.90 Å². The molecule has 0 aliphatic rings. The van der Waals surface area contributed by atoms with Crippen molar-refractivity contribution < 1.29 is 0 Å². The zero-order valence-corrected chi connectivity index (χ0v) is 44.6. The van der Waals surface area contributed by atoms with Crippen LogP contribution in [-0.2, 0) is 5.41 Å². The zero-order valence-electron chi connectivity index (χ0n) is 40.7. The summed E-state index contributed by atoms with van der Waals surface area (Å²) in [6.45, 7) is 14.0. The van der Waals surface area contributed by atoms with Crippen molar-refractivity contribution in [3.05, 3.63) is 224 Å². The fourth-order valence-corrected chi connectivity index (χ4v) is 13.5.